The van der Waals surface area contributed by atoms with Crippen LogP contribution in [0.3, 0.4) is 0 Å². The van der Waals surface area contributed by atoms with Gasteiger partial charge in [0.05, 0.1) is 12.6 Å². The number of amides is 1. The molecule has 2 aromatic carbocycles. The van der Waals surface area contributed by atoms with E-state index < -0.39 is 5.76 Å². The quantitative estimate of drug-likeness (QED) is 0.739. The maximum atomic E-state index is 12.4. The van der Waals surface area contributed by atoms with Gasteiger partial charge >= 0.3 is 5.76 Å². The number of methoxy groups -OCH3 is 1. The minimum atomic E-state index is -0.530. The van der Waals surface area contributed by atoms with Crippen molar-refractivity contribution in [3.05, 3.63) is 64.1 Å². The molecule has 1 aromatic heterocycles. The monoisotopic (exact) mass is 354 g/mol. The molecule has 1 N–H and O–H groups in total. The van der Waals surface area contributed by atoms with Gasteiger partial charge in [0, 0.05) is 6.04 Å². The first-order valence-electron chi connectivity index (χ1n) is 8.49. The van der Waals surface area contributed by atoms with E-state index in [4.69, 9.17) is 9.15 Å². The number of nitrogens with one attached hydrogen (secondary N) is 1. The fourth-order valence-corrected chi connectivity index (χ4v) is 3.04. The number of carbonyl (C=O) groups excluding carboxylic acids is 1. The van der Waals surface area contributed by atoms with Crippen molar-refractivity contribution in [3.63, 3.8) is 0 Å². The molecule has 3 rings (SSSR count). The summed E-state index contributed by atoms with van der Waals surface area (Å²) in [6.45, 7) is 3.77. The highest BCUT2D eigenvalue weighted by Gasteiger charge is 2.15. The predicted molar refractivity (Wildman–Crippen MR) is 99.5 cm³/mol. The van der Waals surface area contributed by atoms with Crippen LogP contribution in [-0.2, 0) is 17.8 Å². The number of rotatable bonds is 6. The standard InChI is InChI=1S/C20H22N2O4/c1-13-8-9-18-16(10-13)22(20(24)26-18)12-19(23)21-14(2)11-15-6-4-5-7-17(15)25-3/h4-10,14H,11-12H2,1-3H3,(H,21,23). The van der Waals surface area contributed by atoms with Crippen LogP contribution < -0.4 is 15.8 Å². The lowest BCUT2D eigenvalue weighted by Gasteiger charge is -2.16. The Balaban J connectivity index is 1.70. The minimum Gasteiger partial charge on any atom is -0.496 e. The van der Waals surface area contributed by atoms with Crippen molar-refractivity contribution in [2.24, 2.45) is 0 Å². The molecule has 0 fully saturated rings. The lowest BCUT2D eigenvalue weighted by Crippen LogP contribution is -2.37. The van der Waals surface area contributed by atoms with E-state index in [1.807, 2.05) is 50.2 Å². The second-order valence-electron chi connectivity index (χ2n) is 6.41. The SMILES string of the molecule is COc1ccccc1CC(C)NC(=O)Cn1c(=O)oc2ccc(C)cc21. The zero-order chi connectivity index (χ0) is 18.7. The number of aryl methyl sites for hydroxylation is 1. The third kappa shape index (κ3) is 3.79. The summed E-state index contributed by atoms with van der Waals surface area (Å²) < 4.78 is 11.9. The Bertz CT molecular complexity index is 987. The van der Waals surface area contributed by atoms with E-state index in [9.17, 15) is 9.59 Å². The Labute approximate surface area is 151 Å². The van der Waals surface area contributed by atoms with Crippen molar-refractivity contribution in [2.75, 3.05) is 7.11 Å². The number of oxazole rings is 1. The number of fused-ring (bicyclic) bond motifs is 1. The zero-order valence-electron chi connectivity index (χ0n) is 15.1. The van der Waals surface area contributed by atoms with Gasteiger partial charge in [0.1, 0.15) is 12.3 Å². The highest BCUT2D eigenvalue weighted by atomic mass is 16.5. The van der Waals surface area contributed by atoms with E-state index in [2.05, 4.69) is 5.32 Å². The van der Waals surface area contributed by atoms with Gasteiger partial charge in [-0.3, -0.25) is 9.36 Å². The summed E-state index contributed by atoms with van der Waals surface area (Å²) in [4.78, 5) is 24.4. The maximum absolute atomic E-state index is 12.4. The van der Waals surface area contributed by atoms with Crippen molar-refractivity contribution in [2.45, 2.75) is 32.9 Å². The molecule has 0 aliphatic heterocycles. The molecule has 0 radical (unpaired) electrons. The molecule has 1 amide bonds. The predicted octanol–water partition coefficient (Wildman–Crippen LogP) is 2.66. The van der Waals surface area contributed by atoms with Crippen LogP contribution in [-0.4, -0.2) is 23.6 Å². The molecule has 1 unspecified atom stereocenters. The van der Waals surface area contributed by atoms with E-state index in [1.54, 1.807) is 13.2 Å². The van der Waals surface area contributed by atoms with Crippen LogP contribution >= 0.6 is 0 Å². The number of nitrogens with zero attached hydrogens (tertiary/aromatic N) is 1. The number of hydrogen-bond donors (Lipinski definition) is 1. The van der Waals surface area contributed by atoms with Crippen molar-refractivity contribution in [1.82, 2.24) is 9.88 Å². The molecule has 26 heavy (non-hydrogen) atoms. The Morgan fingerprint density at radius 3 is 2.81 bits per heavy atom. The fraction of sp³-hybridized carbons (Fsp3) is 0.300. The number of hydrogen-bond acceptors (Lipinski definition) is 4. The topological polar surface area (TPSA) is 73.5 Å². The van der Waals surface area contributed by atoms with Gasteiger partial charge in [0.25, 0.3) is 0 Å². The molecule has 0 aliphatic rings. The summed E-state index contributed by atoms with van der Waals surface area (Å²) in [7, 11) is 1.63. The van der Waals surface area contributed by atoms with Gasteiger partial charge in [0.2, 0.25) is 5.91 Å². The van der Waals surface area contributed by atoms with Crippen LogP contribution in [0.1, 0.15) is 18.1 Å². The van der Waals surface area contributed by atoms with Gasteiger partial charge < -0.3 is 14.5 Å². The van der Waals surface area contributed by atoms with E-state index >= 15 is 0 Å². The molecule has 6 heteroatoms. The summed E-state index contributed by atoms with van der Waals surface area (Å²) >= 11 is 0. The molecule has 6 nitrogen and oxygen atoms in total. The molecule has 3 aromatic rings. The summed E-state index contributed by atoms with van der Waals surface area (Å²) in [5, 5.41) is 2.93. The molecule has 0 saturated heterocycles. The van der Waals surface area contributed by atoms with E-state index in [0.717, 1.165) is 16.9 Å². The molecule has 136 valence electrons. The van der Waals surface area contributed by atoms with Gasteiger partial charge in [-0.05, 0) is 49.6 Å². The lowest BCUT2D eigenvalue weighted by atomic mass is 10.1. The van der Waals surface area contributed by atoms with Gasteiger partial charge in [-0.2, -0.15) is 0 Å². The molecule has 1 atom stereocenters. The van der Waals surface area contributed by atoms with Crippen molar-refractivity contribution >= 4 is 17.0 Å². The Morgan fingerprint density at radius 2 is 2.04 bits per heavy atom. The van der Waals surface area contributed by atoms with E-state index in [0.29, 0.717) is 17.5 Å². The first kappa shape index (κ1) is 17.8. The lowest BCUT2D eigenvalue weighted by molar-refractivity contribution is -0.122. The van der Waals surface area contributed by atoms with Gasteiger partial charge in [-0.1, -0.05) is 24.3 Å². The number of aromatic nitrogens is 1. The Hall–Kier alpha value is -3.02. The van der Waals surface area contributed by atoms with Crippen LogP contribution in [0.2, 0.25) is 0 Å². The largest absolute Gasteiger partial charge is 0.496 e. The highest BCUT2D eigenvalue weighted by Crippen LogP contribution is 2.19. The van der Waals surface area contributed by atoms with E-state index in [-0.39, 0.29) is 18.5 Å². The number of carbonyl (C=O) groups is 1. The number of benzene rings is 2. The minimum absolute atomic E-state index is 0.0778. The first-order valence-corrected chi connectivity index (χ1v) is 8.49. The first-order chi connectivity index (χ1) is 12.5. The smallest absolute Gasteiger partial charge is 0.420 e. The van der Waals surface area contributed by atoms with Crippen LogP contribution in [0.25, 0.3) is 11.1 Å². The summed E-state index contributed by atoms with van der Waals surface area (Å²) in [6, 6.07) is 13.0. The molecule has 1 heterocycles. The van der Waals surface area contributed by atoms with Crippen molar-refractivity contribution in [1.29, 1.82) is 0 Å². The molecular weight excluding hydrogens is 332 g/mol. The maximum Gasteiger partial charge on any atom is 0.420 e. The second-order valence-corrected chi connectivity index (χ2v) is 6.41. The number of para-hydroxylation sites is 1. The van der Waals surface area contributed by atoms with Crippen LogP contribution in [0.15, 0.2) is 51.7 Å². The van der Waals surface area contributed by atoms with Gasteiger partial charge in [0.15, 0.2) is 5.58 Å². The second kappa shape index (κ2) is 7.47. The average Bonchev–Trinajstić information content (AvgIpc) is 2.90. The Kier molecular flexibility index (Phi) is 5.11. The fourth-order valence-electron chi connectivity index (χ4n) is 3.04. The van der Waals surface area contributed by atoms with Crippen LogP contribution in [0.4, 0.5) is 0 Å². The van der Waals surface area contributed by atoms with Crippen molar-refractivity contribution in [3.8, 4) is 5.75 Å². The highest BCUT2D eigenvalue weighted by molar-refractivity contribution is 5.80. The molecule has 0 saturated carbocycles. The van der Waals surface area contributed by atoms with Gasteiger partial charge in [-0.25, -0.2) is 4.79 Å². The zero-order valence-corrected chi connectivity index (χ0v) is 15.1. The third-order valence-electron chi connectivity index (χ3n) is 4.25. The molecule has 0 bridgehead atoms. The van der Waals surface area contributed by atoms with Crippen molar-refractivity contribution < 1.29 is 13.9 Å². The number of ether oxygens (including phenoxy) is 1. The van der Waals surface area contributed by atoms with Crippen LogP contribution in [0.5, 0.6) is 5.75 Å². The Morgan fingerprint density at radius 1 is 1.27 bits per heavy atom. The molecule has 0 spiro atoms. The normalized spacial score (nSPS) is 12.1. The summed E-state index contributed by atoms with van der Waals surface area (Å²) in [6.07, 6.45) is 0.635. The average molecular weight is 354 g/mol. The third-order valence-corrected chi connectivity index (χ3v) is 4.25. The molecule has 0 aliphatic carbocycles. The van der Waals surface area contributed by atoms with Gasteiger partial charge in [-0.15, -0.1) is 0 Å². The summed E-state index contributed by atoms with van der Waals surface area (Å²) in [5.74, 6) is 0.0259. The molecular formula is C20H22N2O4. The summed E-state index contributed by atoms with van der Waals surface area (Å²) in [5.41, 5.74) is 3.12. The van der Waals surface area contributed by atoms with Crippen LogP contribution in [0, 0.1) is 6.92 Å². The van der Waals surface area contributed by atoms with E-state index in [1.165, 1.54) is 4.57 Å².